The highest BCUT2D eigenvalue weighted by Gasteiger charge is 2.36. The minimum atomic E-state index is -4.77. The van der Waals surface area contributed by atoms with Crippen molar-refractivity contribution in [3.05, 3.63) is 59.0 Å². The normalized spacial score (nSPS) is 17.9. The van der Waals surface area contributed by atoms with Crippen molar-refractivity contribution in [2.24, 2.45) is 0 Å². The molecule has 10 nitrogen and oxygen atoms in total. The molecule has 4 N–H and O–H groups in total. The van der Waals surface area contributed by atoms with Crippen LogP contribution in [0.1, 0.15) is 34.3 Å². The van der Waals surface area contributed by atoms with E-state index in [1.54, 1.807) is 24.3 Å². The number of aromatic nitrogens is 2. The first-order valence-electron chi connectivity index (χ1n) is 14.2. The van der Waals surface area contributed by atoms with Crippen LogP contribution in [0.5, 0.6) is 5.75 Å². The highest BCUT2D eigenvalue weighted by molar-refractivity contribution is 6.04. The third-order valence-electron chi connectivity index (χ3n) is 8.16. The number of piperazine rings is 1. The molecule has 2 aromatic carbocycles. The Hall–Kier alpha value is -4.17. The zero-order valence-electron chi connectivity index (χ0n) is 23.5. The van der Waals surface area contributed by atoms with Crippen molar-refractivity contribution in [2.45, 2.75) is 31.6 Å². The Balaban J connectivity index is 1.23. The molecule has 0 spiro atoms. The van der Waals surface area contributed by atoms with Crippen molar-refractivity contribution in [2.75, 3.05) is 61.9 Å². The quantitative estimate of drug-likeness (QED) is 0.296. The number of amides is 1. The molecule has 6 rings (SSSR count). The first-order chi connectivity index (χ1) is 20.7. The number of alkyl halides is 3. The van der Waals surface area contributed by atoms with E-state index in [1.807, 2.05) is 4.90 Å². The van der Waals surface area contributed by atoms with E-state index in [0.29, 0.717) is 36.6 Å². The number of hydrogen-bond acceptors (Lipinski definition) is 9. The summed E-state index contributed by atoms with van der Waals surface area (Å²) in [5.41, 5.74) is 0.519. The van der Waals surface area contributed by atoms with Gasteiger partial charge in [-0.2, -0.15) is 18.2 Å². The number of carbonyl (C=O) groups excluding carboxylic acids is 1. The Morgan fingerprint density at radius 2 is 1.79 bits per heavy atom. The van der Waals surface area contributed by atoms with E-state index in [-0.39, 0.29) is 35.2 Å². The monoisotopic (exact) mass is 600 g/mol. The number of rotatable bonds is 7. The van der Waals surface area contributed by atoms with E-state index in [2.05, 4.69) is 36.1 Å². The predicted molar refractivity (Wildman–Crippen MR) is 154 cm³/mol. The molecule has 14 heteroatoms. The molecule has 2 fully saturated rings. The van der Waals surface area contributed by atoms with E-state index >= 15 is 4.39 Å². The lowest BCUT2D eigenvalue weighted by Crippen LogP contribution is -2.52. The maximum Gasteiger partial charge on any atom is 0.421 e. The minimum Gasteiger partial charge on any atom is -0.492 e. The van der Waals surface area contributed by atoms with Crippen LogP contribution in [-0.4, -0.2) is 73.2 Å². The lowest BCUT2D eigenvalue weighted by Gasteiger charge is -2.41. The maximum atomic E-state index is 15.8. The summed E-state index contributed by atoms with van der Waals surface area (Å²) in [6.45, 7) is 5.65. The number of hydrogen-bond donors (Lipinski definition) is 4. The fourth-order valence-electron chi connectivity index (χ4n) is 5.98. The molecule has 0 bridgehead atoms. The summed E-state index contributed by atoms with van der Waals surface area (Å²) in [4.78, 5) is 24.7. The average Bonchev–Trinajstić information content (AvgIpc) is 3.39. The van der Waals surface area contributed by atoms with Crippen molar-refractivity contribution in [3.8, 4) is 5.75 Å². The van der Waals surface area contributed by atoms with Crippen LogP contribution in [0.25, 0.3) is 0 Å². The van der Waals surface area contributed by atoms with E-state index in [0.717, 1.165) is 39.0 Å². The number of benzene rings is 2. The summed E-state index contributed by atoms with van der Waals surface area (Å²) in [7, 11) is 1.33. The van der Waals surface area contributed by atoms with E-state index in [4.69, 9.17) is 4.74 Å². The van der Waals surface area contributed by atoms with Crippen LogP contribution in [0, 0.1) is 5.82 Å². The molecule has 0 atom stereocenters. The zero-order valence-corrected chi connectivity index (χ0v) is 23.5. The first-order valence-corrected chi connectivity index (χ1v) is 14.2. The molecule has 3 aliphatic rings. The molecule has 0 saturated carbocycles. The largest absolute Gasteiger partial charge is 0.492 e. The summed E-state index contributed by atoms with van der Waals surface area (Å²) in [5, 5.41) is 11.5. The predicted octanol–water partition coefficient (Wildman–Crippen LogP) is 4.25. The number of halogens is 4. The van der Waals surface area contributed by atoms with Crippen LogP contribution < -0.4 is 30.9 Å². The van der Waals surface area contributed by atoms with E-state index in [9.17, 15) is 18.0 Å². The van der Waals surface area contributed by atoms with E-state index < -0.39 is 29.3 Å². The summed E-state index contributed by atoms with van der Waals surface area (Å²) >= 11 is 0. The highest BCUT2D eigenvalue weighted by Crippen LogP contribution is 2.39. The molecule has 3 aliphatic heterocycles. The van der Waals surface area contributed by atoms with Gasteiger partial charge in [-0.15, -0.1) is 0 Å². The number of fused-ring (bicyclic) bond motifs is 1. The van der Waals surface area contributed by atoms with Crippen LogP contribution in [0.2, 0.25) is 0 Å². The molecule has 4 heterocycles. The molecule has 3 aromatic rings. The van der Waals surface area contributed by atoms with Crippen LogP contribution in [0.4, 0.5) is 46.4 Å². The minimum absolute atomic E-state index is 0.0997. The van der Waals surface area contributed by atoms with Crippen LogP contribution in [-0.2, 0) is 12.7 Å². The number of nitrogens with zero attached hydrogens (tertiary/aromatic N) is 4. The van der Waals surface area contributed by atoms with Crippen LogP contribution >= 0.6 is 0 Å². The first kappa shape index (κ1) is 28.9. The van der Waals surface area contributed by atoms with Gasteiger partial charge in [-0.3, -0.25) is 9.69 Å². The molecule has 1 aromatic heterocycles. The van der Waals surface area contributed by atoms with Gasteiger partial charge in [0.05, 0.1) is 29.7 Å². The van der Waals surface area contributed by atoms with Gasteiger partial charge >= 0.3 is 6.18 Å². The molecule has 0 radical (unpaired) electrons. The number of piperidine rings is 1. The summed E-state index contributed by atoms with van der Waals surface area (Å²) in [6.07, 6.45) is -2.29. The van der Waals surface area contributed by atoms with Crippen LogP contribution in [0.15, 0.2) is 36.5 Å². The molecular formula is C29H32F4N8O2. The average molecular weight is 601 g/mol. The fourth-order valence-corrected chi connectivity index (χ4v) is 5.98. The Kier molecular flexibility index (Phi) is 7.97. The van der Waals surface area contributed by atoms with Gasteiger partial charge in [-0.1, -0.05) is 12.1 Å². The lowest BCUT2D eigenvalue weighted by atomic mass is 10.0. The van der Waals surface area contributed by atoms with Gasteiger partial charge in [0.1, 0.15) is 11.4 Å². The van der Waals surface area contributed by atoms with Gasteiger partial charge in [-0.05, 0) is 36.6 Å². The molecular weight excluding hydrogens is 568 g/mol. The summed E-state index contributed by atoms with van der Waals surface area (Å²) in [6, 6.07) is 8.55. The van der Waals surface area contributed by atoms with Crippen molar-refractivity contribution in [3.63, 3.8) is 0 Å². The summed E-state index contributed by atoms with van der Waals surface area (Å²) < 4.78 is 62.8. The maximum absolute atomic E-state index is 15.8. The van der Waals surface area contributed by atoms with Crippen molar-refractivity contribution in [1.29, 1.82) is 0 Å². The molecule has 2 saturated heterocycles. The standard InChI is InChI=1S/C29H32F4N8O2/c1-43-25-21(5-6-22(24(25)30)41-11-7-18(8-12-41)40-13-9-34-10-14-40)38-28-36-16-19(29(31,32)33)26(39-28)37-20-4-2-3-17-15-35-27(42)23(17)20/h2-6,16,18,34H,7-15H2,1H3,(H,35,42)(H2,36,37,38,39). The van der Waals surface area contributed by atoms with E-state index in [1.165, 1.54) is 13.2 Å². The molecule has 0 aliphatic carbocycles. The molecule has 228 valence electrons. The lowest BCUT2D eigenvalue weighted by molar-refractivity contribution is -0.137. The Morgan fingerprint density at radius 3 is 2.51 bits per heavy atom. The van der Waals surface area contributed by atoms with Gasteiger partial charge in [0.25, 0.3) is 5.91 Å². The zero-order chi connectivity index (χ0) is 30.1. The van der Waals surface area contributed by atoms with Crippen molar-refractivity contribution < 1.29 is 27.1 Å². The van der Waals surface area contributed by atoms with Gasteiger partial charge in [-0.25, -0.2) is 9.37 Å². The molecule has 1 amide bonds. The van der Waals surface area contributed by atoms with Gasteiger partial charge in [0.15, 0.2) is 11.6 Å². The number of methoxy groups -OCH3 is 1. The Labute approximate surface area is 245 Å². The summed E-state index contributed by atoms with van der Waals surface area (Å²) in [5.74, 6) is -1.84. The Bertz CT molecular complexity index is 1500. The number of nitrogens with one attached hydrogen (secondary N) is 4. The second kappa shape index (κ2) is 11.8. The Morgan fingerprint density at radius 1 is 1.02 bits per heavy atom. The topological polar surface area (TPSA) is 107 Å². The molecule has 43 heavy (non-hydrogen) atoms. The van der Waals surface area contributed by atoms with Crippen LogP contribution in [0.3, 0.4) is 0 Å². The second-order valence-corrected chi connectivity index (χ2v) is 10.7. The number of anilines is 5. The third-order valence-corrected chi connectivity index (χ3v) is 8.16. The van der Waals surface area contributed by atoms with Gasteiger partial charge in [0, 0.05) is 58.1 Å². The smallest absolute Gasteiger partial charge is 0.421 e. The SMILES string of the molecule is COc1c(Nc2ncc(C(F)(F)F)c(Nc3cccc4c3C(=O)NC4)n2)ccc(N2CCC(N3CCNCC3)CC2)c1F. The van der Waals surface area contributed by atoms with Crippen molar-refractivity contribution >= 4 is 34.7 Å². The molecule has 0 unspecified atom stereocenters. The third kappa shape index (κ3) is 5.89. The highest BCUT2D eigenvalue weighted by atomic mass is 19.4. The number of carbonyl (C=O) groups is 1. The van der Waals surface area contributed by atoms with Crippen molar-refractivity contribution in [1.82, 2.24) is 25.5 Å². The second-order valence-electron chi connectivity index (χ2n) is 10.7. The number of ether oxygens (including phenoxy) is 1. The van der Waals surface area contributed by atoms with Gasteiger partial charge < -0.3 is 30.9 Å². The fraction of sp³-hybridized carbons (Fsp3) is 0.414. The van der Waals surface area contributed by atoms with Gasteiger partial charge in [0.2, 0.25) is 5.95 Å².